The van der Waals surface area contributed by atoms with E-state index in [-0.39, 0.29) is 12.2 Å². The maximum Gasteiger partial charge on any atom is 0.376 e. The number of hydrogen-bond acceptors (Lipinski definition) is 6. The van der Waals surface area contributed by atoms with E-state index >= 15 is 0 Å². The first-order valence-electron chi connectivity index (χ1n) is 6.12. The molecule has 0 saturated carbocycles. The molecule has 0 spiro atoms. The first kappa shape index (κ1) is 14.6. The maximum atomic E-state index is 11.4. The van der Waals surface area contributed by atoms with Crippen LogP contribution in [0.1, 0.15) is 27.6 Å². The molecule has 2 heterocycles. The molecule has 0 aromatic carbocycles. The lowest BCUT2D eigenvalue weighted by Crippen LogP contribution is -2.11. The minimum absolute atomic E-state index is 0.0812. The van der Waals surface area contributed by atoms with Crippen LogP contribution < -0.4 is 0 Å². The zero-order valence-corrected chi connectivity index (χ0v) is 11.8. The SMILES string of the molecule is COC(=O)c1nccc(-n2nc(C)c(CC(=O)O)c2C)n1. The Hall–Kier alpha value is -2.77. The second-order valence-electron chi connectivity index (χ2n) is 4.36. The van der Waals surface area contributed by atoms with Crippen LogP contribution >= 0.6 is 0 Å². The Kier molecular flexibility index (Phi) is 3.97. The number of hydrogen-bond donors (Lipinski definition) is 1. The number of aryl methyl sites for hydroxylation is 1. The first-order chi connectivity index (χ1) is 9.93. The van der Waals surface area contributed by atoms with Crippen LogP contribution in [0.4, 0.5) is 0 Å². The van der Waals surface area contributed by atoms with E-state index in [1.807, 2.05) is 0 Å². The van der Waals surface area contributed by atoms with Crippen LogP contribution in [-0.4, -0.2) is 43.9 Å². The number of aliphatic carboxylic acids is 1. The molecule has 0 bridgehead atoms. The number of carbonyl (C=O) groups excluding carboxylic acids is 1. The number of ether oxygens (including phenoxy) is 1. The molecule has 0 aliphatic carbocycles. The molecular formula is C13H14N4O4. The number of esters is 1. The van der Waals surface area contributed by atoms with Crippen LogP contribution in [0.25, 0.3) is 5.82 Å². The molecule has 0 fully saturated rings. The lowest BCUT2D eigenvalue weighted by Gasteiger charge is -2.05. The Morgan fingerprint density at radius 1 is 1.38 bits per heavy atom. The highest BCUT2D eigenvalue weighted by atomic mass is 16.5. The summed E-state index contributed by atoms with van der Waals surface area (Å²) >= 11 is 0. The average Bonchev–Trinajstić information content (AvgIpc) is 2.74. The Labute approximate surface area is 120 Å². The van der Waals surface area contributed by atoms with Crippen molar-refractivity contribution < 1.29 is 19.4 Å². The number of carboxylic acid groups (broad SMARTS) is 1. The summed E-state index contributed by atoms with van der Waals surface area (Å²) in [5, 5.41) is 13.2. The van der Waals surface area contributed by atoms with E-state index in [4.69, 9.17) is 5.11 Å². The van der Waals surface area contributed by atoms with Gasteiger partial charge in [-0.1, -0.05) is 0 Å². The summed E-state index contributed by atoms with van der Waals surface area (Å²) in [6.45, 7) is 3.47. The zero-order chi connectivity index (χ0) is 15.6. The van der Waals surface area contributed by atoms with Crippen LogP contribution in [0, 0.1) is 13.8 Å². The van der Waals surface area contributed by atoms with E-state index in [1.54, 1.807) is 19.9 Å². The summed E-state index contributed by atoms with van der Waals surface area (Å²) in [5.41, 5.74) is 1.89. The van der Waals surface area contributed by atoms with Gasteiger partial charge in [0.15, 0.2) is 5.82 Å². The van der Waals surface area contributed by atoms with Gasteiger partial charge in [0.2, 0.25) is 5.82 Å². The predicted octanol–water partition coefficient (Wildman–Crippen LogP) is 0.693. The minimum Gasteiger partial charge on any atom is -0.481 e. The fraction of sp³-hybridized carbons (Fsp3) is 0.308. The van der Waals surface area contributed by atoms with Crippen LogP contribution in [0.3, 0.4) is 0 Å². The van der Waals surface area contributed by atoms with Gasteiger partial charge in [-0.05, 0) is 13.8 Å². The highest BCUT2D eigenvalue weighted by molar-refractivity contribution is 5.85. The number of methoxy groups -OCH3 is 1. The lowest BCUT2D eigenvalue weighted by molar-refractivity contribution is -0.136. The molecular weight excluding hydrogens is 276 g/mol. The number of rotatable bonds is 4. The van der Waals surface area contributed by atoms with Gasteiger partial charge in [0.25, 0.3) is 0 Å². The highest BCUT2D eigenvalue weighted by Gasteiger charge is 2.17. The van der Waals surface area contributed by atoms with Crippen molar-refractivity contribution in [2.45, 2.75) is 20.3 Å². The van der Waals surface area contributed by atoms with Crippen molar-refractivity contribution in [1.82, 2.24) is 19.7 Å². The third kappa shape index (κ3) is 2.88. The molecule has 0 aliphatic heterocycles. The normalized spacial score (nSPS) is 10.4. The van der Waals surface area contributed by atoms with Gasteiger partial charge in [-0.25, -0.2) is 19.4 Å². The summed E-state index contributed by atoms with van der Waals surface area (Å²) in [6.07, 6.45) is 1.30. The molecule has 2 rings (SSSR count). The van der Waals surface area contributed by atoms with Gasteiger partial charge in [-0.3, -0.25) is 4.79 Å². The largest absolute Gasteiger partial charge is 0.481 e. The average molecular weight is 290 g/mol. The summed E-state index contributed by atoms with van der Waals surface area (Å²) in [7, 11) is 1.24. The smallest absolute Gasteiger partial charge is 0.376 e. The van der Waals surface area contributed by atoms with Gasteiger partial charge in [-0.15, -0.1) is 0 Å². The number of carbonyl (C=O) groups is 2. The number of nitrogens with zero attached hydrogens (tertiary/aromatic N) is 4. The molecule has 0 saturated heterocycles. The number of aromatic nitrogens is 4. The van der Waals surface area contributed by atoms with E-state index in [2.05, 4.69) is 19.8 Å². The summed E-state index contributed by atoms with van der Waals surface area (Å²) in [6, 6.07) is 1.58. The van der Waals surface area contributed by atoms with Crippen molar-refractivity contribution in [3.63, 3.8) is 0 Å². The fourth-order valence-corrected chi connectivity index (χ4v) is 1.96. The van der Waals surface area contributed by atoms with Gasteiger partial charge in [0, 0.05) is 23.5 Å². The molecule has 8 heteroatoms. The van der Waals surface area contributed by atoms with Gasteiger partial charge < -0.3 is 9.84 Å². The van der Waals surface area contributed by atoms with Crippen molar-refractivity contribution in [2.75, 3.05) is 7.11 Å². The Morgan fingerprint density at radius 2 is 2.10 bits per heavy atom. The third-order valence-corrected chi connectivity index (χ3v) is 3.00. The maximum absolute atomic E-state index is 11.4. The molecule has 0 unspecified atom stereocenters. The molecule has 1 N–H and O–H groups in total. The highest BCUT2D eigenvalue weighted by Crippen LogP contribution is 2.17. The van der Waals surface area contributed by atoms with E-state index in [1.165, 1.54) is 18.0 Å². The van der Waals surface area contributed by atoms with Crippen molar-refractivity contribution in [3.05, 3.63) is 35.0 Å². The van der Waals surface area contributed by atoms with E-state index < -0.39 is 11.9 Å². The molecule has 0 amide bonds. The van der Waals surface area contributed by atoms with Crippen molar-refractivity contribution in [1.29, 1.82) is 0 Å². The van der Waals surface area contributed by atoms with Gasteiger partial charge in [-0.2, -0.15) is 5.10 Å². The minimum atomic E-state index is -0.932. The fourth-order valence-electron chi connectivity index (χ4n) is 1.96. The lowest BCUT2D eigenvalue weighted by atomic mass is 10.1. The summed E-state index contributed by atoms with van der Waals surface area (Å²) in [5.74, 6) is -1.28. The first-order valence-corrected chi connectivity index (χ1v) is 6.12. The Morgan fingerprint density at radius 3 is 2.71 bits per heavy atom. The van der Waals surface area contributed by atoms with Gasteiger partial charge in [0.05, 0.1) is 19.2 Å². The monoisotopic (exact) mass is 290 g/mol. The Balaban J connectivity index is 2.48. The van der Waals surface area contributed by atoms with E-state index in [9.17, 15) is 9.59 Å². The molecule has 0 aliphatic rings. The van der Waals surface area contributed by atoms with Crippen molar-refractivity contribution in [3.8, 4) is 5.82 Å². The zero-order valence-electron chi connectivity index (χ0n) is 11.8. The summed E-state index contributed by atoms with van der Waals surface area (Å²) in [4.78, 5) is 30.2. The van der Waals surface area contributed by atoms with Crippen molar-refractivity contribution >= 4 is 11.9 Å². The number of carboxylic acids is 1. The topological polar surface area (TPSA) is 107 Å². The van der Waals surface area contributed by atoms with Crippen LogP contribution in [0.5, 0.6) is 0 Å². The molecule has 21 heavy (non-hydrogen) atoms. The molecule has 8 nitrogen and oxygen atoms in total. The van der Waals surface area contributed by atoms with Gasteiger partial charge >= 0.3 is 11.9 Å². The van der Waals surface area contributed by atoms with Crippen molar-refractivity contribution in [2.24, 2.45) is 0 Å². The molecule has 2 aromatic rings. The van der Waals surface area contributed by atoms with E-state index in [0.717, 1.165) is 0 Å². The molecule has 2 aromatic heterocycles. The molecule has 110 valence electrons. The standard InChI is InChI=1S/C13H14N4O4/c1-7-9(6-11(18)19)8(2)17(16-7)10-4-5-14-12(15-10)13(20)21-3/h4-5H,6H2,1-3H3,(H,18,19). The molecule has 0 radical (unpaired) electrons. The quantitative estimate of drug-likeness (QED) is 0.825. The second-order valence-corrected chi connectivity index (χ2v) is 4.36. The van der Waals surface area contributed by atoms with Crippen LogP contribution in [0.2, 0.25) is 0 Å². The van der Waals surface area contributed by atoms with Gasteiger partial charge in [0.1, 0.15) is 0 Å². The third-order valence-electron chi connectivity index (χ3n) is 3.00. The second kappa shape index (κ2) is 5.70. The molecule has 0 atom stereocenters. The van der Waals surface area contributed by atoms with Crippen LogP contribution in [-0.2, 0) is 16.0 Å². The van der Waals surface area contributed by atoms with Crippen LogP contribution in [0.15, 0.2) is 12.3 Å². The van der Waals surface area contributed by atoms with E-state index in [0.29, 0.717) is 22.8 Å². The predicted molar refractivity (Wildman–Crippen MR) is 71.3 cm³/mol. The summed E-state index contributed by atoms with van der Waals surface area (Å²) < 4.78 is 6.06. The Bertz CT molecular complexity index is 708.